The largest absolute Gasteiger partial charge is 0.497 e. The van der Waals surface area contributed by atoms with Gasteiger partial charge in [0.15, 0.2) is 5.76 Å². The summed E-state index contributed by atoms with van der Waals surface area (Å²) < 4.78 is 57.5. The molecule has 1 aromatic heterocycles. The van der Waals surface area contributed by atoms with Crippen molar-refractivity contribution in [2.24, 2.45) is 11.8 Å². The van der Waals surface area contributed by atoms with Crippen molar-refractivity contribution in [1.82, 2.24) is 53.4 Å². The summed E-state index contributed by atoms with van der Waals surface area (Å²) in [5.74, 6) is -1.63. The van der Waals surface area contributed by atoms with Crippen LogP contribution in [-0.4, -0.2) is 94.9 Å². The molecule has 11 aromatic rings. The number of hydrogen-bond donors (Lipinski definition) is 16. The molecule has 122 heavy (non-hydrogen) atoms. The number of ether oxygens (including phenoxy) is 2. The van der Waals surface area contributed by atoms with E-state index in [4.69, 9.17) is 51.5 Å². The number of anilines is 1. The minimum Gasteiger partial charge on any atom is -0.497 e. The zero-order chi connectivity index (χ0) is 88.6. The highest BCUT2D eigenvalue weighted by molar-refractivity contribution is 7.89. The molecule has 1 aliphatic rings. The highest BCUT2D eigenvalue weighted by Gasteiger charge is 2.28. The number of fused-ring (bicyclic) bond motifs is 1. The lowest BCUT2D eigenvalue weighted by Gasteiger charge is -2.26. The molecule has 16 N–H and O–H groups in total. The van der Waals surface area contributed by atoms with E-state index >= 15 is 0 Å². The lowest BCUT2D eigenvalue weighted by Crippen LogP contribution is -2.36. The summed E-state index contributed by atoms with van der Waals surface area (Å²) in [5, 5.41) is 58.4. The number of urea groups is 1. The van der Waals surface area contributed by atoms with Crippen molar-refractivity contribution >= 4 is 91.6 Å². The third-order valence-corrected chi connectivity index (χ3v) is 21.0. The molecule has 638 valence electrons. The van der Waals surface area contributed by atoms with Gasteiger partial charge in [-0.15, -0.1) is 0 Å². The SMILES string of the molecule is CC(C)[C@@H](NC(=O)c1cc2ccccc2o1)c1ccc(C(=O)NO)cc1.CC(NC(=O)C1CCC1)c1ccc(C(=O)NO)cc1.CC(NC(=O)Cc1c(F)cccc1Cl)c1ccc(C(=O)NO)cc1.CC(NC(=O)Nc1ccc(Oc2ccccc2)cc1)c1ccc(C(=O)NO)cc1.COc1cccc(S(=O)(=O)NC(C)c2ccc(C(=O)NO)cc2)c1. The van der Waals surface area contributed by atoms with Gasteiger partial charge in [0.05, 0.1) is 42.6 Å². The Kier molecular flexibility index (Phi) is 35.4. The van der Waals surface area contributed by atoms with Crippen molar-refractivity contribution in [2.75, 3.05) is 12.4 Å². The van der Waals surface area contributed by atoms with Crippen LogP contribution in [0.5, 0.6) is 17.2 Å². The smallest absolute Gasteiger partial charge is 0.319 e. The lowest BCUT2D eigenvalue weighted by molar-refractivity contribution is -0.128. The fourth-order valence-electron chi connectivity index (χ4n) is 11.9. The van der Waals surface area contributed by atoms with Gasteiger partial charge in [-0.3, -0.25) is 64.4 Å². The zero-order valence-electron chi connectivity index (χ0n) is 67.2. The molecule has 0 saturated heterocycles. The Balaban J connectivity index is 0.000000191. The Morgan fingerprint density at radius 2 is 0.885 bits per heavy atom. The van der Waals surface area contributed by atoms with E-state index in [0.29, 0.717) is 45.0 Å². The van der Waals surface area contributed by atoms with E-state index in [1.54, 1.807) is 175 Å². The number of carbonyl (C=O) groups excluding carboxylic acids is 9. The van der Waals surface area contributed by atoms with Crippen molar-refractivity contribution in [1.29, 1.82) is 0 Å². The number of methoxy groups -OCH3 is 1. The van der Waals surface area contributed by atoms with Crippen molar-refractivity contribution < 1.29 is 95.9 Å². The van der Waals surface area contributed by atoms with Gasteiger partial charge in [0, 0.05) is 67.5 Å². The normalized spacial score (nSPS) is 12.5. The van der Waals surface area contributed by atoms with Gasteiger partial charge in [-0.25, -0.2) is 49.7 Å². The minimum atomic E-state index is -3.72. The summed E-state index contributed by atoms with van der Waals surface area (Å²) >= 11 is 5.91. The van der Waals surface area contributed by atoms with Crippen LogP contribution < -0.4 is 68.2 Å². The van der Waals surface area contributed by atoms with Gasteiger partial charge >= 0.3 is 6.03 Å². The van der Waals surface area contributed by atoms with Crippen LogP contribution in [0.15, 0.2) is 258 Å². The topological polar surface area (TPSA) is 453 Å². The van der Waals surface area contributed by atoms with Gasteiger partial charge in [0.1, 0.15) is 28.6 Å². The van der Waals surface area contributed by atoms with Crippen LogP contribution in [0.3, 0.4) is 0 Å². The molecule has 10 amide bonds. The molecule has 33 heteroatoms. The third kappa shape index (κ3) is 27.7. The molecule has 5 atom stereocenters. The average molecular weight is 1710 g/mol. The van der Waals surface area contributed by atoms with E-state index in [9.17, 15) is 56.0 Å². The minimum absolute atomic E-state index is 0.0839. The molecular formula is C89H93ClFN11O19S. The number of para-hydroxylation sites is 2. The third-order valence-electron chi connectivity index (χ3n) is 19.1. The number of rotatable bonds is 26. The van der Waals surface area contributed by atoms with Gasteiger partial charge in [-0.2, -0.15) is 0 Å². The maximum atomic E-state index is 13.7. The summed E-state index contributed by atoms with van der Waals surface area (Å²) in [5.41, 5.74) is 14.9. The van der Waals surface area contributed by atoms with Crippen molar-refractivity contribution in [3.63, 3.8) is 0 Å². The van der Waals surface area contributed by atoms with Crippen LogP contribution >= 0.6 is 11.6 Å². The summed E-state index contributed by atoms with van der Waals surface area (Å²) in [6, 6.07) is 66.9. The number of hydroxylamine groups is 5. The second-order valence-corrected chi connectivity index (χ2v) is 30.1. The van der Waals surface area contributed by atoms with Crippen LogP contribution in [0.1, 0.15) is 187 Å². The van der Waals surface area contributed by atoms with Crippen LogP contribution in [-0.2, 0) is 26.0 Å². The van der Waals surface area contributed by atoms with Crippen LogP contribution in [0, 0.1) is 17.7 Å². The zero-order valence-corrected chi connectivity index (χ0v) is 68.7. The van der Waals surface area contributed by atoms with E-state index in [2.05, 4.69) is 31.3 Å². The number of nitrogens with one attached hydrogen (secondary N) is 11. The molecule has 0 radical (unpaired) electrons. The summed E-state index contributed by atoms with van der Waals surface area (Å²) in [6.45, 7) is 11.2. The Bertz CT molecular complexity index is 5430. The van der Waals surface area contributed by atoms with Gasteiger partial charge in [0.25, 0.3) is 35.4 Å². The fourth-order valence-corrected chi connectivity index (χ4v) is 13.4. The van der Waals surface area contributed by atoms with Gasteiger partial charge < -0.3 is 40.5 Å². The Morgan fingerprint density at radius 1 is 0.459 bits per heavy atom. The predicted molar refractivity (Wildman–Crippen MR) is 451 cm³/mol. The van der Waals surface area contributed by atoms with E-state index in [1.165, 1.54) is 67.2 Å². The second-order valence-electron chi connectivity index (χ2n) is 28.0. The number of furan rings is 1. The molecule has 0 spiro atoms. The predicted octanol–water partition coefficient (Wildman–Crippen LogP) is 14.8. The first-order valence-corrected chi connectivity index (χ1v) is 39.9. The number of benzene rings is 10. The number of amides is 10. The molecule has 1 saturated carbocycles. The first kappa shape index (κ1) is 93.8. The van der Waals surface area contributed by atoms with Gasteiger partial charge in [0.2, 0.25) is 21.8 Å². The highest BCUT2D eigenvalue weighted by atomic mass is 35.5. The van der Waals surface area contributed by atoms with Crippen LogP contribution in [0.2, 0.25) is 5.02 Å². The van der Waals surface area contributed by atoms with Gasteiger partial charge in [-0.1, -0.05) is 141 Å². The molecule has 10 aromatic carbocycles. The van der Waals surface area contributed by atoms with Crippen molar-refractivity contribution in [2.45, 2.75) is 102 Å². The summed E-state index contributed by atoms with van der Waals surface area (Å²) in [4.78, 5) is 105. The number of halogens is 2. The van der Waals surface area contributed by atoms with Crippen molar-refractivity contribution in [3.05, 3.63) is 327 Å². The molecule has 0 bridgehead atoms. The molecule has 1 aliphatic carbocycles. The maximum absolute atomic E-state index is 13.7. The number of carbonyl (C=O) groups is 9. The molecule has 1 fully saturated rings. The van der Waals surface area contributed by atoms with Gasteiger partial charge in [-0.05, 0) is 208 Å². The molecule has 12 rings (SSSR count). The first-order chi connectivity index (χ1) is 58.4. The van der Waals surface area contributed by atoms with E-state index in [1.807, 2.05) is 82.3 Å². The number of hydrogen-bond acceptors (Lipinski definition) is 19. The second kappa shape index (κ2) is 46.0. The van der Waals surface area contributed by atoms with E-state index in [0.717, 1.165) is 52.7 Å². The molecule has 30 nitrogen and oxygen atoms in total. The highest BCUT2D eigenvalue weighted by Crippen LogP contribution is 2.30. The molecule has 0 aliphatic heterocycles. The molecule has 1 heterocycles. The standard InChI is InChI=1S/C22H21N3O4.C20H20N2O4.C17H16ClFN2O3.C16H18N2O5S.C14H18N2O3/c1-15(16-7-9-17(10-8-16)21(26)25-28)23-22(27)24-18-11-13-20(14-12-18)29-19-5-3-2-4-6-19;1-12(2)18(13-7-9-14(10-8-13)19(23)22-25)21-20(24)17-11-15-5-3-4-6-16(15)26-17;1-10(11-5-7-12(8-6-11)17(23)21-24)20-16(22)9-13-14(18)3-2-4-15(13)19;1-11(12-6-8-13(9-7-12)16(19)17-20)18-24(21,22)15-5-3-4-14(10-15)23-2;1-9(15-13(17)11-3-2-4-11)10-5-7-12(8-6-10)14(18)16-19/h2-15,28H,1H3,(H,25,26)(H2,23,24,27);3-12,18,25H,1-2H3,(H,21,24)(H,22,23);2-8,10,24H,9H2,1H3,(H,20,22)(H,21,23);3-11,18,20H,1-2H3,(H,17,19);5-9,11,19H,2-4H2,1H3,(H,15,17)(H,16,18)/t;18-;;;/m.1.../s1. The first-order valence-electron chi connectivity index (χ1n) is 38.1. The average Bonchev–Trinajstić information content (AvgIpc) is 1.46. The Labute approximate surface area is 707 Å². The van der Waals surface area contributed by atoms with E-state index < -0.39 is 51.4 Å². The van der Waals surface area contributed by atoms with Crippen LogP contribution in [0.4, 0.5) is 14.9 Å². The quantitative estimate of drug-likeness (QED) is 0.0177. The maximum Gasteiger partial charge on any atom is 0.319 e. The molecular weight excluding hydrogens is 1610 g/mol. The van der Waals surface area contributed by atoms with Crippen molar-refractivity contribution in [3.8, 4) is 17.2 Å². The fraction of sp³-hybridized carbons (Fsp3) is 0.202. The lowest BCUT2D eigenvalue weighted by atomic mass is 9.84. The summed E-state index contributed by atoms with van der Waals surface area (Å²) in [7, 11) is -2.26. The van der Waals surface area contributed by atoms with Crippen LogP contribution in [0.25, 0.3) is 11.0 Å². The Morgan fingerprint density at radius 3 is 1.33 bits per heavy atom. The Hall–Kier alpha value is -13.7. The van der Waals surface area contributed by atoms with E-state index in [-0.39, 0.29) is 98.5 Å². The molecule has 4 unspecified atom stereocenters. The number of sulfonamides is 1. The summed E-state index contributed by atoms with van der Waals surface area (Å²) in [6.07, 6.45) is 2.93. The monoisotopic (exact) mass is 1710 g/mol.